The zero-order valence-electron chi connectivity index (χ0n) is 8.09. The smallest absolute Gasteiger partial charge is 0.152 e. The van der Waals surface area contributed by atoms with Gasteiger partial charge in [-0.3, -0.25) is 0 Å². The molecule has 1 aliphatic rings. The number of nitrogens with one attached hydrogen (secondary N) is 1. The fourth-order valence-electron chi connectivity index (χ4n) is 2.08. The maximum Gasteiger partial charge on any atom is 0.152 e. The number of nitrogens with zero attached hydrogens (tertiary/aromatic N) is 1. The molecule has 1 heterocycles. The average Bonchev–Trinajstić information content (AvgIpc) is 2.61. The summed E-state index contributed by atoms with van der Waals surface area (Å²) in [5.41, 5.74) is 0.646. The molecule has 1 aromatic heterocycles. The third kappa shape index (κ3) is 1.93. The van der Waals surface area contributed by atoms with Gasteiger partial charge in [0.1, 0.15) is 5.82 Å². The van der Waals surface area contributed by atoms with Gasteiger partial charge in [0.15, 0.2) is 5.15 Å². The monoisotopic (exact) mass is 214 g/mol. The van der Waals surface area contributed by atoms with Crippen LogP contribution in [-0.2, 0) is 6.61 Å². The molecular formula is C10H15ClN2O. The van der Waals surface area contributed by atoms with E-state index in [-0.39, 0.29) is 6.61 Å². The second-order valence-electron chi connectivity index (χ2n) is 3.88. The number of aliphatic hydroxyl groups is 1. The van der Waals surface area contributed by atoms with Crippen LogP contribution in [0.3, 0.4) is 0 Å². The molecule has 0 amide bonds. The topological polar surface area (TPSA) is 48.9 Å². The molecule has 2 N–H and O–H groups in total. The highest BCUT2D eigenvalue weighted by molar-refractivity contribution is 6.30. The van der Waals surface area contributed by atoms with Gasteiger partial charge in [-0.05, 0) is 12.8 Å². The van der Waals surface area contributed by atoms with Gasteiger partial charge in [0.05, 0.1) is 12.3 Å². The molecule has 0 radical (unpaired) electrons. The van der Waals surface area contributed by atoms with E-state index in [1.165, 1.54) is 32.1 Å². The Labute approximate surface area is 88.5 Å². The second-order valence-corrected chi connectivity index (χ2v) is 4.24. The highest BCUT2D eigenvalue weighted by Crippen LogP contribution is 2.32. The molecule has 14 heavy (non-hydrogen) atoms. The van der Waals surface area contributed by atoms with Gasteiger partial charge in [0.2, 0.25) is 0 Å². The van der Waals surface area contributed by atoms with Crippen molar-refractivity contribution in [1.29, 1.82) is 0 Å². The summed E-state index contributed by atoms with van der Waals surface area (Å²) in [7, 11) is 0. The Morgan fingerprint density at radius 1 is 1.36 bits per heavy atom. The fraction of sp³-hybridized carbons (Fsp3) is 0.700. The Kier molecular flexibility index (Phi) is 3.08. The van der Waals surface area contributed by atoms with Crippen LogP contribution in [0.15, 0.2) is 0 Å². The van der Waals surface area contributed by atoms with Gasteiger partial charge in [-0.15, -0.1) is 0 Å². The number of H-pyrrole nitrogens is 1. The van der Waals surface area contributed by atoms with Crippen molar-refractivity contribution in [3.8, 4) is 0 Å². The number of rotatable bonds is 2. The van der Waals surface area contributed by atoms with Crippen molar-refractivity contribution in [2.24, 2.45) is 0 Å². The normalized spacial score (nSPS) is 18.7. The van der Waals surface area contributed by atoms with Gasteiger partial charge in [-0.2, -0.15) is 0 Å². The van der Waals surface area contributed by atoms with Crippen LogP contribution in [0.4, 0.5) is 0 Å². The van der Waals surface area contributed by atoms with E-state index < -0.39 is 0 Å². The van der Waals surface area contributed by atoms with Gasteiger partial charge in [0, 0.05) is 5.92 Å². The lowest BCUT2D eigenvalue weighted by atomic mass is 9.89. The average molecular weight is 215 g/mol. The number of aliphatic hydroxyl groups excluding tert-OH is 1. The Hall–Kier alpha value is -0.540. The third-order valence-electron chi connectivity index (χ3n) is 2.90. The van der Waals surface area contributed by atoms with E-state index in [1.807, 2.05) is 0 Å². The molecule has 0 saturated heterocycles. The van der Waals surface area contributed by atoms with Gasteiger partial charge in [-0.25, -0.2) is 4.98 Å². The molecule has 1 fully saturated rings. The molecule has 1 aromatic rings. The number of aromatic nitrogens is 2. The molecule has 0 bridgehead atoms. The van der Waals surface area contributed by atoms with Crippen LogP contribution in [0.25, 0.3) is 0 Å². The lowest BCUT2D eigenvalue weighted by molar-refractivity contribution is 0.277. The number of hydrogen-bond donors (Lipinski definition) is 2. The van der Waals surface area contributed by atoms with E-state index in [9.17, 15) is 0 Å². The van der Waals surface area contributed by atoms with Crippen LogP contribution in [-0.4, -0.2) is 15.1 Å². The predicted octanol–water partition coefficient (Wildman–Crippen LogP) is 2.60. The summed E-state index contributed by atoms with van der Waals surface area (Å²) < 4.78 is 0. The van der Waals surface area contributed by atoms with Crippen molar-refractivity contribution >= 4 is 11.6 Å². The maximum atomic E-state index is 8.97. The van der Waals surface area contributed by atoms with Crippen LogP contribution >= 0.6 is 11.6 Å². The van der Waals surface area contributed by atoms with Gasteiger partial charge < -0.3 is 10.1 Å². The lowest BCUT2D eigenvalue weighted by Gasteiger charge is -2.19. The first-order chi connectivity index (χ1) is 6.81. The molecule has 1 saturated carbocycles. The first-order valence-corrected chi connectivity index (χ1v) is 5.54. The standard InChI is InChI=1S/C10H15ClN2O/c11-9-8(6-14)12-10(13-9)7-4-2-1-3-5-7/h7,14H,1-6H2,(H,12,13). The first-order valence-electron chi connectivity index (χ1n) is 5.16. The lowest BCUT2D eigenvalue weighted by Crippen LogP contribution is -2.06. The number of hydrogen-bond acceptors (Lipinski definition) is 2. The molecule has 2 rings (SSSR count). The van der Waals surface area contributed by atoms with E-state index in [1.54, 1.807) is 0 Å². The van der Waals surface area contributed by atoms with Crippen LogP contribution < -0.4 is 0 Å². The quantitative estimate of drug-likeness (QED) is 0.795. The summed E-state index contributed by atoms with van der Waals surface area (Å²) in [5.74, 6) is 1.47. The summed E-state index contributed by atoms with van der Waals surface area (Å²) in [5, 5.41) is 9.40. The van der Waals surface area contributed by atoms with Crippen molar-refractivity contribution < 1.29 is 5.11 Å². The largest absolute Gasteiger partial charge is 0.390 e. The van der Waals surface area contributed by atoms with Crippen LogP contribution in [0.2, 0.25) is 5.15 Å². The van der Waals surface area contributed by atoms with E-state index in [4.69, 9.17) is 16.7 Å². The summed E-state index contributed by atoms with van der Waals surface area (Å²) in [4.78, 5) is 7.36. The first kappa shape index (κ1) is 9.99. The molecule has 78 valence electrons. The zero-order chi connectivity index (χ0) is 9.97. The van der Waals surface area contributed by atoms with Crippen molar-refractivity contribution in [1.82, 2.24) is 9.97 Å². The minimum Gasteiger partial charge on any atom is -0.390 e. The Bertz CT molecular complexity index is 305. The highest BCUT2D eigenvalue weighted by Gasteiger charge is 2.19. The molecule has 0 unspecified atom stereocenters. The molecule has 0 aliphatic heterocycles. The molecule has 1 aliphatic carbocycles. The summed E-state index contributed by atoms with van der Waals surface area (Å²) >= 11 is 5.86. The van der Waals surface area contributed by atoms with Crippen molar-refractivity contribution in [3.05, 3.63) is 16.7 Å². The Balaban J connectivity index is 2.14. The summed E-state index contributed by atoms with van der Waals surface area (Å²) in [6.07, 6.45) is 6.26. The van der Waals surface area contributed by atoms with Gasteiger partial charge in [-0.1, -0.05) is 30.9 Å². The van der Waals surface area contributed by atoms with Crippen molar-refractivity contribution in [2.45, 2.75) is 44.6 Å². The zero-order valence-corrected chi connectivity index (χ0v) is 8.85. The summed E-state index contributed by atoms with van der Waals surface area (Å²) in [6.45, 7) is -0.0570. The van der Waals surface area contributed by atoms with Gasteiger partial charge in [0.25, 0.3) is 0 Å². The molecule has 0 aromatic carbocycles. The minimum absolute atomic E-state index is 0.0570. The van der Waals surface area contributed by atoms with E-state index >= 15 is 0 Å². The maximum absolute atomic E-state index is 8.97. The molecule has 3 nitrogen and oxygen atoms in total. The Morgan fingerprint density at radius 3 is 2.64 bits per heavy atom. The number of halogens is 1. The fourth-order valence-corrected chi connectivity index (χ4v) is 2.28. The predicted molar refractivity (Wildman–Crippen MR) is 55.3 cm³/mol. The number of imidazole rings is 1. The number of aromatic amines is 1. The van der Waals surface area contributed by atoms with Gasteiger partial charge >= 0.3 is 0 Å². The van der Waals surface area contributed by atoms with E-state index in [0.717, 1.165) is 5.82 Å². The molecular weight excluding hydrogens is 200 g/mol. The van der Waals surface area contributed by atoms with Crippen molar-refractivity contribution in [3.63, 3.8) is 0 Å². The van der Waals surface area contributed by atoms with E-state index in [0.29, 0.717) is 16.8 Å². The van der Waals surface area contributed by atoms with Crippen LogP contribution in [0.5, 0.6) is 0 Å². The van der Waals surface area contributed by atoms with Crippen molar-refractivity contribution in [2.75, 3.05) is 0 Å². The third-order valence-corrected chi connectivity index (χ3v) is 3.21. The minimum atomic E-state index is -0.0570. The summed E-state index contributed by atoms with van der Waals surface area (Å²) in [6, 6.07) is 0. The SMILES string of the molecule is OCc1[nH]c(C2CCCCC2)nc1Cl. The molecule has 4 heteroatoms. The van der Waals surface area contributed by atoms with E-state index in [2.05, 4.69) is 9.97 Å². The van der Waals surface area contributed by atoms with Crippen LogP contribution in [0, 0.1) is 0 Å². The highest BCUT2D eigenvalue weighted by atomic mass is 35.5. The molecule has 0 spiro atoms. The molecule has 0 atom stereocenters. The second kappa shape index (κ2) is 4.32. The Morgan fingerprint density at radius 2 is 2.07 bits per heavy atom. The van der Waals surface area contributed by atoms with Crippen LogP contribution in [0.1, 0.15) is 49.5 Å².